The van der Waals surface area contributed by atoms with E-state index in [9.17, 15) is 0 Å². The topological polar surface area (TPSA) is 61.7 Å². The molecule has 0 aliphatic heterocycles. The van der Waals surface area contributed by atoms with Crippen molar-refractivity contribution < 1.29 is 14.9 Å². The van der Waals surface area contributed by atoms with Gasteiger partial charge in [0.2, 0.25) is 0 Å². The van der Waals surface area contributed by atoms with Gasteiger partial charge in [-0.25, -0.2) is 0 Å². The van der Waals surface area contributed by atoms with Gasteiger partial charge < -0.3 is 20.3 Å². The van der Waals surface area contributed by atoms with Crippen LogP contribution in [0, 0.1) is 0 Å². The highest BCUT2D eigenvalue weighted by atomic mass is 16.5. The van der Waals surface area contributed by atoms with E-state index >= 15 is 0 Å². The molecule has 2 atom stereocenters. The van der Waals surface area contributed by atoms with Crippen molar-refractivity contribution in [1.82, 2.24) is 5.32 Å². The Kier molecular flexibility index (Phi) is 18.9. The van der Waals surface area contributed by atoms with Crippen molar-refractivity contribution in [2.24, 2.45) is 0 Å². The van der Waals surface area contributed by atoms with Gasteiger partial charge in [0.05, 0.1) is 25.4 Å². The summed E-state index contributed by atoms with van der Waals surface area (Å²) in [6.45, 7) is 10.6. The van der Waals surface area contributed by atoms with Gasteiger partial charge in [0.15, 0.2) is 0 Å². The van der Waals surface area contributed by atoms with Gasteiger partial charge in [-0.1, -0.05) is 26.7 Å². The lowest BCUT2D eigenvalue weighted by Crippen LogP contribution is -2.19. The molecule has 18 heavy (non-hydrogen) atoms. The standard InChI is InChI=1S/C8H19N.C6H14O3/c1-3-5-7-9-8-6-4-2;1-5(8)4-9-6(2)3-7/h9H,3-8H2,1-2H3;5-8H,3-4H2,1-2H3. The number of ether oxygens (including phenoxy) is 1. The fraction of sp³-hybridized carbons (Fsp3) is 1.00. The summed E-state index contributed by atoms with van der Waals surface area (Å²) in [6, 6.07) is 0. The number of unbranched alkanes of at least 4 members (excludes halogenated alkanes) is 2. The Morgan fingerprint density at radius 3 is 1.89 bits per heavy atom. The van der Waals surface area contributed by atoms with Crippen LogP contribution in [0.1, 0.15) is 53.4 Å². The van der Waals surface area contributed by atoms with Gasteiger partial charge in [-0.05, 0) is 39.8 Å². The molecule has 0 spiro atoms. The average molecular weight is 263 g/mol. The number of nitrogens with one attached hydrogen (secondary N) is 1. The lowest BCUT2D eigenvalue weighted by Gasteiger charge is -2.10. The summed E-state index contributed by atoms with van der Waals surface area (Å²) in [5, 5.41) is 20.5. The van der Waals surface area contributed by atoms with Crippen LogP contribution >= 0.6 is 0 Å². The van der Waals surface area contributed by atoms with E-state index in [-0.39, 0.29) is 12.7 Å². The van der Waals surface area contributed by atoms with Crippen LogP contribution in [0.15, 0.2) is 0 Å². The molecule has 0 bridgehead atoms. The van der Waals surface area contributed by atoms with Crippen molar-refractivity contribution in [2.45, 2.75) is 65.6 Å². The van der Waals surface area contributed by atoms with Crippen LogP contribution in [0.3, 0.4) is 0 Å². The molecule has 0 aromatic rings. The van der Waals surface area contributed by atoms with E-state index in [0.29, 0.717) is 6.61 Å². The Balaban J connectivity index is 0. The van der Waals surface area contributed by atoms with Crippen LogP contribution in [0.25, 0.3) is 0 Å². The van der Waals surface area contributed by atoms with Crippen LogP contribution in [0.5, 0.6) is 0 Å². The first kappa shape index (κ1) is 20.2. The van der Waals surface area contributed by atoms with Crippen molar-refractivity contribution in [3.63, 3.8) is 0 Å². The number of aliphatic hydroxyl groups excluding tert-OH is 2. The summed E-state index contributed by atoms with van der Waals surface area (Å²) in [4.78, 5) is 0. The van der Waals surface area contributed by atoms with Gasteiger partial charge in [0.1, 0.15) is 0 Å². The molecular weight excluding hydrogens is 230 g/mol. The summed E-state index contributed by atoms with van der Waals surface area (Å²) < 4.78 is 4.95. The molecule has 0 amide bonds. The van der Waals surface area contributed by atoms with Gasteiger partial charge in [-0.15, -0.1) is 0 Å². The first-order valence-electron chi connectivity index (χ1n) is 7.19. The Hall–Kier alpha value is -0.160. The molecule has 0 aromatic heterocycles. The minimum absolute atomic E-state index is 0.00667. The van der Waals surface area contributed by atoms with Crippen molar-refractivity contribution in [2.75, 3.05) is 26.3 Å². The van der Waals surface area contributed by atoms with Gasteiger partial charge >= 0.3 is 0 Å². The van der Waals surface area contributed by atoms with Crippen molar-refractivity contribution >= 4 is 0 Å². The molecule has 0 radical (unpaired) electrons. The summed E-state index contributed by atoms with van der Waals surface area (Å²) in [5.74, 6) is 0. The molecule has 0 fully saturated rings. The molecule has 0 saturated heterocycles. The van der Waals surface area contributed by atoms with Gasteiger partial charge in [0, 0.05) is 0 Å². The largest absolute Gasteiger partial charge is 0.394 e. The van der Waals surface area contributed by atoms with Crippen molar-refractivity contribution in [3.8, 4) is 0 Å². The second-order valence-electron chi connectivity index (χ2n) is 4.63. The highest BCUT2D eigenvalue weighted by Crippen LogP contribution is 1.90. The maximum absolute atomic E-state index is 8.69. The minimum atomic E-state index is -0.445. The van der Waals surface area contributed by atoms with Crippen LogP contribution in [0.2, 0.25) is 0 Å². The van der Waals surface area contributed by atoms with Gasteiger partial charge in [-0.3, -0.25) is 0 Å². The lowest BCUT2D eigenvalue weighted by atomic mass is 10.3. The fourth-order valence-electron chi connectivity index (χ4n) is 1.08. The lowest BCUT2D eigenvalue weighted by molar-refractivity contribution is -0.0177. The van der Waals surface area contributed by atoms with Crippen LogP contribution in [-0.4, -0.2) is 48.7 Å². The molecule has 112 valence electrons. The fourth-order valence-corrected chi connectivity index (χ4v) is 1.08. The molecule has 0 saturated carbocycles. The normalized spacial score (nSPS) is 13.7. The molecular formula is C14H33NO3. The number of aliphatic hydroxyl groups is 2. The highest BCUT2D eigenvalue weighted by Gasteiger charge is 2.00. The van der Waals surface area contributed by atoms with Crippen LogP contribution in [-0.2, 0) is 4.74 Å². The molecule has 4 nitrogen and oxygen atoms in total. The Morgan fingerprint density at radius 2 is 1.56 bits per heavy atom. The second kappa shape index (κ2) is 16.8. The third-order valence-corrected chi connectivity index (χ3v) is 2.29. The third kappa shape index (κ3) is 21.2. The predicted molar refractivity (Wildman–Crippen MR) is 76.9 cm³/mol. The quantitative estimate of drug-likeness (QED) is 0.527. The van der Waals surface area contributed by atoms with Crippen molar-refractivity contribution in [1.29, 1.82) is 0 Å². The minimum Gasteiger partial charge on any atom is -0.394 e. The number of rotatable bonds is 10. The van der Waals surface area contributed by atoms with E-state index in [4.69, 9.17) is 14.9 Å². The Bertz CT molecular complexity index is 137. The molecule has 2 unspecified atom stereocenters. The predicted octanol–water partition coefficient (Wildman–Crippen LogP) is 1.94. The van der Waals surface area contributed by atoms with E-state index in [0.717, 1.165) is 0 Å². The second-order valence-corrected chi connectivity index (χ2v) is 4.63. The average Bonchev–Trinajstić information content (AvgIpc) is 2.36. The molecule has 3 N–H and O–H groups in total. The van der Waals surface area contributed by atoms with Crippen LogP contribution < -0.4 is 5.32 Å². The third-order valence-electron chi connectivity index (χ3n) is 2.29. The van der Waals surface area contributed by atoms with E-state index in [1.165, 1.54) is 38.8 Å². The monoisotopic (exact) mass is 263 g/mol. The zero-order valence-corrected chi connectivity index (χ0v) is 12.6. The Morgan fingerprint density at radius 1 is 1.06 bits per heavy atom. The first-order chi connectivity index (χ1) is 8.58. The summed E-state index contributed by atoms with van der Waals surface area (Å²) in [7, 11) is 0. The molecule has 0 aliphatic rings. The Labute approximate surface area is 113 Å². The molecule has 0 aromatic carbocycles. The van der Waals surface area contributed by atoms with E-state index < -0.39 is 6.10 Å². The number of hydrogen-bond donors (Lipinski definition) is 3. The summed E-state index contributed by atoms with van der Waals surface area (Å²) in [6.07, 6.45) is 4.64. The van der Waals surface area contributed by atoms with Crippen molar-refractivity contribution in [3.05, 3.63) is 0 Å². The smallest absolute Gasteiger partial charge is 0.0779 e. The molecule has 0 aliphatic carbocycles. The van der Waals surface area contributed by atoms with Gasteiger partial charge in [-0.2, -0.15) is 0 Å². The van der Waals surface area contributed by atoms with Gasteiger partial charge in [0.25, 0.3) is 0 Å². The zero-order chi connectivity index (χ0) is 14.2. The SMILES string of the molecule is CC(O)COC(C)CO.CCCCNCCCC. The summed E-state index contributed by atoms with van der Waals surface area (Å²) >= 11 is 0. The van der Waals surface area contributed by atoms with Crippen LogP contribution in [0.4, 0.5) is 0 Å². The molecule has 0 heterocycles. The highest BCUT2D eigenvalue weighted by molar-refractivity contribution is 4.47. The summed E-state index contributed by atoms with van der Waals surface area (Å²) in [5.41, 5.74) is 0. The first-order valence-corrected chi connectivity index (χ1v) is 7.19. The number of hydrogen-bond acceptors (Lipinski definition) is 4. The van der Waals surface area contributed by atoms with E-state index in [2.05, 4.69) is 19.2 Å². The zero-order valence-electron chi connectivity index (χ0n) is 12.6. The molecule has 0 rings (SSSR count). The van der Waals surface area contributed by atoms with E-state index in [1.54, 1.807) is 13.8 Å². The maximum atomic E-state index is 8.69. The van der Waals surface area contributed by atoms with E-state index in [1.807, 2.05) is 0 Å². The molecule has 4 heteroatoms. The maximum Gasteiger partial charge on any atom is 0.0779 e.